The van der Waals surface area contributed by atoms with E-state index in [1.165, 1.54) is 0 Å². The van der Waals surface area contributed by atoms with Crippen LogP contribution in [0.25, 0.3) is 0 Å². The first-order valence-corrected chi connectivity index (χ1v) is 8.88. The van der Waals surface area contributed by atoms with E-state index in [4.69, 9.17) is 16.0 Å². The summed E-state index contributed by atoms with van der Waals surface area (Å²) in [6, 6.07) is 17.9. The predicted octanol–water partition coefficient (Wildman–Crippen LogP) is 3.72. The van der Waals surface area contributed by atoms with Crippen molar-refractivity contribution >= 4 is 23.4 Å². The molecule has 1 heterocycles. The van der Waals surface area contributed by atoms with Crippen LogP contribution in [0.2, 0.25) is 5.02 Å². The molecule has 0 aliphatic rings. The van der Waals surface area contributed by atoms with Crippen LogP contribution in [0.3, 0.4) is 0 Å². The van der Waals surface area contributed by atoms with Crippen LogP contribution in [0, 0.1) is 0 Å². The van der Waals surface area contributed by atoms with Gasteiger partial charge in [0.2, 0.25) is 5.91 Å². The van der Waals surface area contributed by atoms with Crippen molar-refractivity contribution in [2.24, 2.45) is 0 Å². The number of hydrogen-bond donors (Lipinski definition) is 2. The molecule has 0 saturated carbocycles. The summed E-state index contributed by atoms with van der Waals surface area (Å²) in [4.78, 5) is 24.3. The van der Waals surface area contributed by atoms with Crippen molar-refractivity contribution in [3.05, 3.63) is 94.4 Å². The molecule has 2 amide bonds. The fourth-order valence-electron chi connectivity index (χ4n) is 2.56. The molecule has 0 radical (unpaired) electrons. The Balaban J connectivity index is 1.51. The van der Waals surface area contributed by atoms with Crippen LogP contribution < -0.4 is 10.6 Å². The van der Waals surface area contributed by atoms with Gasteiger partial charge in [-0.25, -0.2) is 0 Å². The second kappa shape index (κ2) is 9.05. The molecule has 1 aromatic heterocycles. The summed E-state index contributed by atoms with van der Waals surface area (Å²) in [5.41, 5.74) is 2.28. The van der Waals surface area contributed by atoms with Crippen molar-refractivity contribution in [1.29, 1.82) is 0 Å². The topological polar surface area (TPSA) is 71.3 Å². The highest BCUT2D eigenvalue weighted by molar-refractivity contribution is 6.30. The van der Waals surface area contributed by atoms with Crippen LogP contribution in [-0.4, -0.2) is 11.8 Å². The first-order valence-electron chi connectivity index (χ1n) is 8.51. The highest BCUT2D eigenvalue weighted by Crippen LogP contribution is 2.10. The summed E-state index contributed by atoms with van der Waals surface area (Å²) in [5.74, 6) is 0.403. The van der Waals surface area contributed by atoms with Gasteiger partial charge in [0, 0.05) is 17.1 Å². The molecule has 138 valence electrons. The van der Waals surface area contributed by atoms with E-state index >= 15 is 0 Å². The number of rotatable bonds is 7. The zero-order valence-electron chi connectivity index (χ0n) is 14.6. The van der Waals surface area contributed by atoms with Gasteiger partial charge in [0.1, 0.15) is 5.76 Å². The van der Waals surface area contributed by atoms with Gasteiger partial charge in [-0.1, -0.05) is 35.9 Å². The second-order valence-corrected chi connectivity index (χ2v) is 6.48. The van der Waals surface area contributed by atoms with Crippen molar-refractivity contribution in [2.45, 2.75) is 19.5 Å². The molecule has 5 nitrogen and oxygen atoms in total. The molecule has 3 aromatic rings. The average molecular weight is 383 g/mol. The Morgan fingerprint density at radius 2 is 1.70 bits per heavy atom. The van der Waals surface area contributed by atoms with Gasteiger partial charge in [-0.05, 0) is 47.5 Å². The Hall–Kier alpha value is -3.05. The van der Waals surface area contributed by atoms with Gasteiger partial charge < -0.3 is 15.1 Å². The Labute approximate surface area is 162 Å². The van der Waals surface area contributed by atoms with Gasteiger partial charge >= 0.3 is 0 Å². The number of carbonyl (C=O) groups excluding carboxylic acids is 2. The standard InChI is InChI=1S/C21H19ClN2O3/c22-18-8-6-15(7-9-18)12-20(25)23-13-16-3-1-4-17(11-16)21(26)24-14-19-5-2-10-27-19/h1-11H,12-14H2,(H,23,25)(H,24,26). The summed E-state index contributed by atoms with van der Waals surface area (Å²) >= 11 is 5.84. The molecule has 0 atom stereocenters. The van der Waals surface area contributed by atoms with Crippen LogP contribution in [0.4, 0.5) is 0 Å². The molecule has 0 bridgehead atoms. The molecule has 0 unspecified atom stereocenters. The van der Waals surface area contributed by atoms with E-state index in [0.29, 0.717) is 29.4 Å². The fraction of sp³-hybridized carbons (Fsp3) is 0.143. The van der Waals surface area contributed by atoms with Crippen LogP contribution in [0.5, 0.6) is 0 Å². The maximum absolute atomic E-state index is 12.2. The fourth-order valence-corrected chi connectivity index (χ4v) is 2.68. The normalized spacial score (nSPS) is 10.4. The molecule has 3 rings (SSSR count). The number of halogens is 1. The summed E-state index contributed by atoms with van der Waals surface area (Å²) in [6.07, 6.45) is 1.84. The largest absolute Gasteiger partial charge is 0.467 e. The van der Waals surface area contributed by atoms with E-state index in [1.807, 2.05) is 18.2 Å². The lowest BCUT2D eigenvalue weighted by molar-refractivity contribution is -0.120. The molecule has 0 aliphatic heterocycles. The van der Waals surface area contributed by atoms with Crippen LogP contribution in [0.15, 0.2) is 71.3 Å². The average Bonchev–Trinajstić information content (AvgIpc) is 3.20. The number of furan rings is 1. The van der Waals surface area contributed by atoms with Crippen molar-refractivity contribution in [3.8, 4) is 0 Å². The lowest BCUT2D eigenvalue weighted by Crippen LogP contribution is -2.25. The number of amides is 2. The maximum atomic E-state index is 12.2. The monoisotopic (exact) mass is 382 g/mol. The highest BCUT2D eigenvalue weighted by atomic mass is 35.5. The summed E-state index contributed by atoms with van der Waals surface area (Å²) in [6.45, 7) is 0.680. The highest BCUT2D eigenvalue weighted by Gasteiger charge is 2.08. The molecule has 0 spiro atoms. The van der Waals surface area contributed by atoms with Gasteiger partial charge in [-0.2, -0.15) is 0 Å². The van der Waals surface area contributed by atoms with Gasteiger partial charge in [-0.3, -0.25) is 9.59 Å². The zero-order chi connectivity index (χ0) is 19.1. The summed E-state index contributed by atoms with van der Waals surface area (Å²) in [5, 5.41) is 6.30. The number of benzene rings is 2. The van der Waals surface area contributed by atoms with E-state index in [9.17, 15) is 9.59 Å². The van der Waals surface area contributed by atoms with Gasteiger partial charge in [0.25, 0.3) is 5.91 Å². The smallest absolute Gasteiger partial charge is 0.251 e. The number of nitrogens with one attached hydrogen (secondary N) is 2. The Kier molecular flexibility index (Phi) is 6.28. The SMILES string of the molecule is O=C(Cc1ccc(Cl)cc1)NCc1cccc(C(=O)NCc2ccco2)c1. The van der Waals surface area contributed by atoms with Crippen molar-refractivity contribution in [3.63, 3.8) is 0 Å². The first-order chi connectivity index (χ1) is 13.1. The van der Waals surface area contributed by atoms with E-state index < -0.39 is 0 Å². The lowest BCUT2D eigenvalue weighted by atomic mass is 10.1. The molecule has 2 aromatic carbocycles. The summed E-state index contributed by atoms with van der Waals surface area (Å²) < 4.78 is 5.19. The predicted molar refractivity (Wildman–Crippen MR) is 103 cm³/mol. The van der Waals surface area contributed by atoms with Gasteiger partial charge in [0.05, 0.1) is 19.2 Å². The Bertz CT molecular complexity index is 905. The number of hydrogen-bond acceptors (Lipinski definition) is 3. The Morgan fingerprint density at radius 1 is 0.889 bits per heavy atom. The molecule has 0 aliphatic carbocycles. The quantitative estimate of drug-likeness (QED) is 0.654. The maximum Gasteiger partial charge on any atom is 0.251 e. The third kappa shape index (κ3) is 5.72. The Morgan fingerprint density at radius 3 is 2.44 bits per heavy atom. The first kappa shape index (κ1) is 18.7. The van der Waals surface area contributed by atoms with E-state index in [0.717, 1.165) is 11.1 Å². The summed E-state index contributed by atoms with van der Waals surface area (Å²) in [7, 11) is 0. The van der Waals surface area contributed by atoms with Crippen LogP contribution in [-0.2, 0) is 24.3 Å². The van der Waals surface area contributed by atoms with E-state index in [-0.39, 0.29) is 18.2 Å². The van der Waals surface area contributed by atoms with E-state index in [1.54, 1.807) is 48.7 Å². The molecular weight excluding hydrogens is 364 g/mol. The third-order valence-electron chi connectivity index (χ3n) is 3.96. The molecule has 6 heteroatoms. The second-order valence-electron chi connectivity index (χ2n) is 6.04. The zero-order valence-corrected chi connectivity index (χ0v) is 15.3. The van der Waals surface area contributed by atoms with Crippen molar-refractivity contribution in [1.82, 2.24) is 10.6 Å². The van der Waals surface area contributed by atoms with Crippen molar-refractivity contribution < 1.29 is 14.0 Å². The number of carbonyl (C=O) groups is 2. The van der Waals surface area contributed by atoms with Gasteiger partial charge in [0.15, 0.2) is 0 Å². The van der Waals surface area contributed by atoms with E-state index in [2.05, 4.69) is 10.6 Å². The minimum Gasteiger partial charge on any atom is -0.467 e. The van der Waals surface area contributed by atoms with Crippen LogP contribution >= 0.6 is 11.6 Å². The third-order valence-corrected chi connectivity index (χ3v) is 4.21. The lowest BCUT2D eigenvalue weighted by Gasteiger charge is -2.08. The molecule has 0 saturated heterocycles. The molecule has 0 fully saturated rings. The molecular formula is C21H19ClN2O3. The van der Waals surface area contributed by atoms with Gasteiger partial charge in [-0.15, -0.1) is 0 Å². The minimum absolute atomic E-state index is 0.0926. The van der Waals surface area contributed by atoms with Crippen LogP contribution in [0.1, 0.15) is 27.2 Å². The minimum atomic E-state index is -0.194. The molecule has 2 N–H and O–H groups in total. The van der Waals surface area contributed by atoms with Crippen molar-refractivity contribution in [2.75, 3.05) is 0 Å². The molecule has 27 heavy (non-hydrogen) atoms.